The van der Waals surface area contributed by atoms with E-state index in [0.29, 0.717) is 5.41 Å². The Kier molecular flexibility index (Phi) is 2.07. The Balaban J connectivity index is 2.47. The van der Waals surface area contributed by atoms with Crippen LogP contribution in [-0.2, 0) is 6.42 Å². The van der Waals surface area contributed by atoms with Gasteiger partial charge in [-0.3, -0.25) is 0 Å². The molecule has 0 saturated carbocycles. The summed E-state index contributed by atoms with van der Waals surface area (Å²) in [5.74, 6) is 0. The van der Waals surface area contributed by atoms with Crippen LogP contribution >= 0.6 is 15.9 Å². The second-order valence-corrected chi connectivity index (χ2v) is 5.26. The van der Waals surface area contributed by atoms with Crippen LogP contribution < -0.4 is 0 Å². The lowest BCUT2D eigenvalue weighted by Crippen LogP contribution is -2.15. The molecule has 0 nitrogen and oxygen atoms in total. The molecular formula is C12H13Br. The van der Waals surface area contributed by atoms with Crippen LogP contribution in [0.15, 0.2) is 28.7 Å². The first-order valence-electron chi connectivity index (χ1n) is 4.54. The van der Waals surface area contributed by atoms with Gasteiger partial charge in [-0.05, 0) is 35.1 Å². The van der Waals surface area contributed by atoms with Crippen molar-refractivity contribution in [2.24, 2.45) is 5.41 Å². The molecule has 1 aromatic rings. The maximum Gasteiger partial charge on any atom is 0.0181 e. The lowest BCUT2D eigenvalue weighted by molar-refractivity contribution is 0.475. The Hall–Kier alpha value is -0.560. The monoisotopic (exact) mass is 236 g/mol. The van der Waals surface area contributed by atoms with Crippen molar-refractivity contribution in [1.82, 2.24) is 0 Å². The molecule has 13 heavy (non-hydrogen) atoms. The lowest BCUT2D eigenvalue weighted by atomic mass is 9.80. The predicted molar refractivity (Wildman–Crippen MR) is 60.7 cm³/mol. The molecule has 0 aliphatic heterocycles. The summed E-state index contributed by atoms with van der Waals surface area (Å²) in [6, 6.07) is 6.51. The fraction of sp³-hybridized carbons (Fsp3) is 0.333. The summed E-state index contributed by atoms with van der Waals surface area (Å²) in [5, 5.41) is 0. The zero-order chi connectivity index (χ0) is 9.47. The Morgan fingerprint density at radius 3 is 2.85 bits per heavy atom. The van der Waals surface area contributed by atoms with Crippen molar-refractivity contribution in [3.8, 4) is 0 Å². The highest BCUT2D eigenvalue weighted by atomic mass is 79.9. The molecule has 0 spiro atoms. The number of rotatable bonds is 0. The molecule has 2 rings (SSSR count). The lowest BCUT2D eigenvalue weighted by Gasteiger charge is -2.25. The average Bonchev–Trinajstić information content (AvgIpc) is 2.05. The molecule has 0 fully saturated rings. The van der Waals surface area contributed by atoms with Crippen molar-refractivity contribution in [2.45, 2.75) is 20.3 Å². The fourth-order valence-electron chi connectivity index (χ4n) is 1.75. The summed E-state index contributed by atoms with van der Waals surface area (Å²) in [6.45, 7) is 4.54. The minimum absolute atomic E-state index is 0.320. The normalized spacial score (nSPS) is 18.4. The molecule has 0 radical (unpaired) electrons. The topological polar surface area (TPSA) is 0 Å². The number of allylic oxidation sites excluding steroid dienone is 1. The van der Waals surface area contributed by atoms with Crippen molar-refractivity contribution >= 4 is 22.0 Å². The van der Waals surface area contributed by atoms with Crippen LogP contribution in [0, 0.1) is 5.41 Å². The highest BCUT2D eigenvalue weighted by Crippen LogP contribution is 2.32. The zero-order valence-corrected chi connectivity index (χ0v) is 9.56. The molecule has 1 heteroatoms. The van der Waals surface area contributed by atoms with E-state index in [2.05, 4.69) is 60.1 Å². The SMILES string of the molecule is CC1(C)C=Cc2cc(Br)ccc2C1. The van der Waals surface area contributed by atoms with Crippen molar-refractivity contribution in [2.75, 3.05) is 0 Å². The third-order valence-corrected chi connectivity index (χ3v) is 2.96. The van der Waals surface area contributed by atoms with Crippen molar-refractivity contribution in [3.05, 3.63) is 39.9 Å². The number of fused-ring (bicyclic) bond motifs is 1. The highest BCUT2D eigenvalue weighted by Gasteiger charge is 2.19. The molecule has 0 heterocycles. The van der Waals surface area contributed by atoms with Gasteiger partial charge >= 0.3 is 0 Å². The number of hydrogen-bond acceptors (Lipinski definition) is 0. The van der Waals surface area contributed by atoms with E-state index in [1.165, 1.54) is 11.1 Å². The van der Waals surface area contributed by atoms with Gasteiger partial charge in [0.05, 0.1) is 0 Å². The Labute approximate surface area is 87.8 Å². The molecule has 0 saturated heterocycles. The Morgan fingerprint density at radius 1 is 1.31 bits per heavy atom. The van der Waals surface area contributed by atoms with E-state index in [1.54, 1.807) is 0 Å². The summed E-state index contributed by atoms with van der Waals surface area (Å²) in [6.07, 6.45) is 5.66. The Bertz CT molecular complexity index is 361. The molecule has 0 amide bonds. The Morgan fingerprint density at radius 2 is 2.08 bits per heavy atom. The minimum atomic E-state index is 0.320. The molecular weight excluding hydrogens is 224 g/mol. The van der Waals surface area contributed by atoms with Crippen LogP contribution in [0.2, 0.25) is 0 Å². The maximum atomic E-state index is 3.49. The summed E-state index contributed by atoms with van der Waals surface area (Å²) in [4.78, 5) is 0. The van der Waals surface area contributed by atoms with E-state index in [-0.39, 0.29) is 0 Å². The summed E-state index contributed by atoms with van der Waals surface area (Å²) in [5.41, 5.74) is 3.13. The molecule has 1 aromatic carbocycles. The molecule has 0 atom stereocenters. The van der Waals surface area contributed by atoms with Gasteiger partial charge in [-0.15, -0.1) is 0 Å². The van der Waals surface area contributed by atoms with E-state index >= 15 is 0 Å². The van der Waals surface area contributed by atoms with Crippen LogP contribution in [0.3, 0.4) is 0 Å². The smallest absolute Gasteiger partial charge is 0.0181 e. The fourth-order valence-corrected chi connectivity index (χ4v) is 2.13. The largest absolute Gasteiger partial charge is 0.0779 e. The van der Waals surface area contributed by atoms with Gasteiger partial charge in [0, 0.05) is 4.47 Å². The molecule has 1 aliphatic carbocycles. The summed E-state index contributed by atoms with van der Waals surface area (Å²) in [7, 11) is 0. The molecule has 1 aliphatic rings. The predicted octanol–water partition coefficient (Wildman–Crippen LogP) is 4.04. The van der Waals surface area contributed by atoms with E-state index in [4.69, 9.17) is 0 Å². The summed E-state index contributed by atoms with van der Waals surface area (Å²) < 4.78 is 1.16. The molecule has 0 unspecified atom stereocenters. The summed E-state index contributed by atoms with van der Waals surface area (Å²) >= 11 is 3.49. The molecule has 68 valence electrons. The van der Waals surface area contributed by atoms with Gasteiger partial charge in [-0.2, -0.15) is 0 Å². The van der Waals surface area contributed by atoms with E-state index < -0.39 is 0 Å². The van der Waals surface area contributed by atoms with Crippen LogP contribution in [-0.4, -0.2) is 0 Å². The minimum Gasteiger partial charge on any atom is -0.0779 e. The van der Waals surface area contributed by atoms with Gasteiger partial charge in [0.2, 0.25) is 0 Å². The van der Waals surface area contributed by atoms with E-state index in [0.717, 1.165) is 10.9 Å². The van der Waals surface area contributed by atoms with Gasteiger partial charge in [-0.25, -0.2) is 0 Å². The third-order valence-electron chi connectivity index (χ3n) is 2.47. The average molecular weight is 237 g/mol. The first-order valence-corrected chi connectivity index (χ1v) is 5.34. The molecule has 0 aromatic heterocycles. The zero-order valence-electron chi connectivity index (χ0n) is 7.97. The second-order valence-electron chi connectivity index (χ2n) is 4.34. The van der Waals surface area contributed by atoms with E-state index in [1.807, 2.05) is 0 Å². The first kappa shape index (κ1) is 9.01. The van der Waals surface area contributed by atoms with Crippen molar-refractivity contribution < 1.29 is 0 Å². The number of benzene rings is 1. The van der Waals surface area contributed by atoms with Crippen LogP contribution in [0.4, 0.5) is 0 Å². The van der Waals surface area contributed by atoms with Gasteiger partial charge in [0.25, 0.3) is 0 Å². The third kappa shape index (κ3) is 1.86. The maximum absolute atomic E-state index is 3.49. The van der Waals surface area contributed by atoms with E-state index in [9.17, 15) is 0 Å². The standard InChI is InChI=1S/C12H13Br/c1-12(2)6-5-9-7-11(13)4-3-10(9)8-12/h3-7H,8H2,1-2H3. The van der Waals surface area contributed by atoms with Crippen LogP contribution in [0.25, 0.3) is 6.08 Å². The van der Waals surface area contributed by atoms with Gasteiger partial charge in [-0.1, -0.05) is 48.0 Å². The van der Waals surface area contributed by atoms with Gasteiger partial charge in [0.1, 0.15) is 0 Å². The van der Waals surface area contributed by atoms with Crippen LogP contribution in [0.5, 0.6) is 0 Å². The number of hydrogen-bond donors (Lipinski definition) is 0. The molecule has 0 N–H and O–H groups in total. The highest BCUT2D eigenvalue weighted by molar-refractivity contribution is 9.10. The first-order chi connectivity index (χ1) is 6.07. The second kappa shape index (κ2) is 2.98. The van der Waals surface area contributed by atoms with Gasteiger partial charge in [0.15, 0.2) is 0 Å². The molecule has 0 bridgehead atoms. The van der Waals surface area contributed by atoms with Crippen molar-refractivity contribution in [1.29, 1.82) is 0 Å². The van der Waals surface area contributed by atoms with Crippen LogP contribution in [0.1, 0.15) is 25.0 Å². The van der Waals surface area contributed by atoms with Crippen molar-refractivity contribution in [3.63, 3.8) is 0 Å². The number of halogens is 1. The quantitative estimate of drug-likeness (QED) is 0.638. The van der Waals surface area contributed by atoms with Gasteiger partial charge < -0.3 is 0 Å².